The first kappa shape index (κ1) is 29.8. The zero-order chi connectivity index (χ0) is 27.9. The summed E-state index contributed by atoms with van der Waals surface area (Å²) in [7, 11) is 8.69. The number of amides is 2. The van der Waals surface area contributed by atoms with Crippen LogP contribution in [0.4, 0.5) is 17.5 Å². The Morgan fingerprint density at radius 1 is 1.21 bits per heavy atom. The molecule has 0 aliphatic rings. The van der Waals surface area contributed by atoms with Crippen molar-refractivity contribution in [2.24, 2.45) is 0 Å². The molecular formula is C27H36N8O3. The molecule has 3 N–H and O–H groups in total. The minimum atomic E-state index is -0.762. The highest BCUT2D eigenvalue weighted by Gasteiger charge is 2.22. The third kappa shape index (κ3) is 9.55. The summed E-state index contributed by atoms with van der Waals surface area (Å²) in [6, 6.07) is 2.81. The first-order valence-corrected chi connectivity index (χ1v) is 12.1. The average Bonchev–Trinajstić information content (AvgIpc) is 2.91. The normalized spacial score (nSPS) is 11.3. The van der Waals surface area contributed by atoms with Crippen LogP contribution in [0.15, 0.2) is 49.3 Å². The van der Waals surface area contributed by atoms with Crippen molar-refractivity contribution >= 4 is 29.3 Å². The zero-order valence-corrected chi connectivity index (χ0v) is 22.6. The summed E-state index contributed by atoms with van der Waals surface area (Å²) in [6.07, 6.45) is 9.11. The highest BCUT2D eigenvalue weighted by atomic mass is 16.5. The van der Waals surface area contributed by atoms with Crippen LogP contribution in [0.3, 0.4) is 0 Å². The fourth-order valence-corrected chi connectivity index (χ4v) is 3.11. The quantitative estimate of drug-likeness (QED) is 0.157. The largest absolute Gasteiger partial charge is 0.481 e. The Balaban J connectivity index is 1.92. The van der Waals surface area contributed by atoms with Crippen molar-refractivity contribution in [2.75, 3.05) is 59.0 Å². The topological polar surface area (TPSA) is 125 Å². The van der Waals surface area contributed by atoms with Crippen LogP contribution in [-0.4, -0.2) is 91.0 Å². The van der Waals surface area contributed by atoms with Gasteiger partial charge in [0.15, 0.2) is 5.82 Å². The first-order chi connectivity index (χ1) is 18.3. The molecule has 0 saturated carbocycles. The van der Waals surface area contributed by atoms with Crippen LogP contribution in [0.2, 0.25) is 0 Å². The van der Waals surface area contributed by atoms with Crippen LogP contribution in [0.5, 0.6) is 5.88 Å². The number of hydrogen-bond donors (Lipinski definition) is 3. The Bertz CT molecular complexity index is 1170. The van der Waals surface area contributed by atoms with E-state index in [-0.39, 0.29) is 11.8 Å². The van der Waals surface area contributed by atoms with E-state index < -0.39 is 6.04 Å². The lowest BCUT2D eigenvalue weighted by molar-refractivity contribution is -0.133. The molecule has 11 nitrogen and oxygen atoms in total. The number of hydrogen-bond acceptors (Lipinski definition) is 9. The second kappa shape index (κ2) is 15.6. The van der Waals surface area contributed by atoms with Crippen LogP contribution < -0.4 is 20.7 Å². The van der Waals surface area contributed by atoms with Crippen molar-refractivity contribution in [3.05, 3.63) is 54.9 Å². The van der Waals surface area contributed by atoms with E-state index in [9.17, 15) is 9.59 Å². The van der Waals surface area contributed by atoms with E-state index >= 15 is 0 Å². The molecule has 0 bridgehead atoms. The molecule has 0 saturated heterocycles. The Kier molecular flexibility index (Phi) is 12.3. The summed E-state index contributed by atoms with van der Waals surface area (Å²) in [4.78, 5) is 41.1. The number of rotatable bonds is 13. The third-order valence-corrected chi connectivity index (χ3v) is 5.21. The Morgan fingerprint density at radius 2 is 2.00 bits per heavy atom. The van der Waals surface area contributed by atoms with Gasteiger partial charge in [-0.05, 0) is 26.6 Å². The van der Waals surface area contributed by atoms with Gasteiger partial charge in [-0.25, -0.2) is 9.97 Å². The molecule has 0 spiro atoms. The van der Waals surface area contributed by atoms with Gasteiger partial charge in [0.1, 0.15) is 6.04 Å². The van der Waals surface area contributed by atoms with Crippen molar-refractivity contribution in [2.45, 2.75) is 18.9 Å². The average molecular weight is 521 g/mol. The minimum Gasteiger partial charge on any atom is -0.481 e. The van der Waals surface area contributed by atoms with E-state index in [1.54, 1.807) is 45.7 Å². The Morgan fingerprint density at radius 3 is 2.63 bits per heavy atom. The fraction of sp³-hybridized carbons (Fsp3) is 0.370. The van der Waals surface area contributed by atoms with Crippen LogP contribution in [0.1, 0.15) is 18.4 Å². The molecule has 11 heteroatoms. The third-order valence-electron chi connectivity index (χ3n) is 5.21. The summed E-state index contributed by atoms with van der Waals surface area (Å²) in [5.74, 6) is 7.13. The van der Waals surface area contributed by atoms with Crippen molar-refractivity contribution < 1.29 is 14.3 Å². The van der Waals surface area contributed by atoms with Gasteiger partial charge in [-0.1, -0.05) is 24.0 Å². The number of nitrogens with one attached hydrogen (secondary N) is 3. The summed E-state index contributed by atoms with van der Waals surface area (Å²) >= 11 is 0. The molecule has 1 atom stereocenters. The molecule has 0 aliphatic carbocycles. The molecule has 0 aromatic carbocycles. The van der Waals surface area contributed by atoms with Crippen molar-refractivity contribution in [1.82, 2.24) is 30.1 Å². The monoisotopic (exact) mass is 520 g/mol. The van der Waals surface area contributed by atoms with Gasteiger partial charge in [0.05, 0.1) is 30.8 Å². The SMILES string of the molecule is C=C[C@@H](C(=O)NCCCC#Cc1cnc(NC)nc1Nc1ccc(OC)nc1)N(C)C(=O)/C=C/CN(C)C. The molecule has 38 heavy (non-hydrogen) atoms. The number of carbonyl (C=O) groups is 2. The number of ether oxygens (including phenoxy) is 1. The summed E-state index contributed by atoms with van der Waals surface area (Å²) in [6.45, 7) is 4.75. The van der Waals surface area contributed by atoms with Crippen molar-refractivity contribution in [3.63, 3.8) is 0 Å². The van der Waals surface area contributed by atoms with Crippen LogP contribution in [0.25, 0.3) is 0 Å². The van der Waals surface area contributed by atoms with Gasteiger partial charge < -0.3 is 30.5 Å². The summed E-state index contributed by atoms with van der Waals surface area (Å²) < 4.78 is 5.09. The molecule has 202 valence electrons. The number of unbranched alkanes of at least 4 members (excludes halogenated alkanes) is 1. The van der Waals surface area contributed by atoms with Gasteiger partial charge >= 0.3 is 0 Å². The maximum absolute atomic E-state index is 12.6. The molecule has 2 aromatic rings. The van der Waals surface area contributed by atoms with E-state index in [4.69, 9.17) is 4.74 Å². The number of pyridine rings is 1. The van der Waals surface area contributed by atoms with E-state index in [0.717, 1.165) is 5.69 Å². The Hall–Kier alpha value is -4.43. The van der Waals surface area contributed by atoms with Gasteiger partial charge in [-0.2, -0.15) is 4.98 Å². The molecular weight excluding hydrogens is 484 g/mol. The number of carbonyl (C=O) groups excluding carboxylic acids is 2. The summed E-state index contributed by atoms with van der Waals surface area (Å²) in [5.41, 5.74) is 1.35. The van der Waals surface area contributed by atoms with Gasteiger partial charge in [0.2, 0.25) is 23.6 Å². The molecule has 0 radical (unpaired) electrons. The zero-order valence-electron chi connectivity index (χ0n) is 22.6. The maximum Gasteiger partial charge on any atom is 0.246 e. The van der Waals surface area contributed by atoms with E-state index in [2.05, 4.69) is 49.3 Å². The van der Waals surface area contributed by atoms with E-state index in [1.165, 1.54) is 17.1 Å². The summed E-state index contributed by atoms with van der Waals surface area (Å²) in [5, 5.41) is 8.96. The van der Waals surface area contributed by atoms with Gasteiger partial charge in [0, 0.05) is 45.7 Å². The van der Waals surface area contributed by atoms with Crippen LogP contribution in [-0.2, 0) is 9.59 Å². The molecule has 2 rings (SSSR count). The smallest absolute Gasteiger partial charge is 0.246 e. The first-order valence-electron chi connectivity index (χ1n) is 12.1. The lowest BCUT2D eigenvalue weighted by Crippen LogP contribution is -2.46. The maximum atomic E-state index is 12.6. The van der Waals surface area contributed by atoms with Crippen molar-refractivity contribution in [3.8, 4) is 17.7 Å². The van der Waals surface area contributed by atoms with Crippen LogP contribution >= 0.6 is 0 Å². The highest BCUT2D eigenvalue weighted by molar-refractivity contribution is 5.93. The van der Waals surface area contributed by atoms with Gasteiger partial charge in [-0.15, -0.1) is 6.58 Å². The second-order valence-corrected chi connectivity index (χ2v) is 8.41. The number of anilines is 3. The molecule has 2 aromatic heterocycles. The molecule has 2 heterocycles. The van der Waals surface area contributed by atoms with E-state index in [1.807, 2.05) is 25.1 Å². The minimum absolute atomic E-state index is 0.265. The van der Waals surface area contributed by atoms with Gasteiger partial charge in [0.25, 0.3) is 0 Å². The highest BCUT2D eigenvalue weighted by Crippen LogP contribution is 2.20. The number of likely N-dealkylation sites (N-methyl/N-ethyl adjacent to an activating group) is 2. The number of nitrogens with zero attached hydrogens (tertiary/aromatic N) is 5. The lowest BCUT2D eigenvalue weighted by Gasteiger charge is -2.23. The second-order valence-electron chi connectivity index (χ2n) is 8.41. The lowest BCUT2D eigenvalue weighted by atomic mass is 10.2. The molecule has 0 unspecified atom stereocenters. The molecule has 0 aliphatic heterocycles. The number of methoxy groups -OCH3 is 1. The molecule has 2 amide bonds. The predicted molar refractivity (Wildman–Crippen MR) is 149 cm³/mol. The standard InChI is InChI=1S/C27H36N8O3/c1-7-22(35(5)24(36)13-11-17-34(3)4)26(37)29-16-10-8-9-12-20-18-31-27(28-2)33-25(20)32-21-14-15-23(38-6)30-19-21/h7,11,13-15,18-19,22H,1,8,10,16-17H2,2-6H3,(H,29,37)(H2,28,31,32,33)/b13-11+/t22-/m0/s1. The number of aromatic nitrogens is 3. The van der Waals surface area contributed by atoms with Crippen LogP contribution in [0, 0.1) is 11.8 Å². The van der Waals surface area contributed by atoms with E-state index in [0.29, 0.717) is 49.1 Å². The predicted octanol–water partition coefficient (Wildman–Crippen LogP) is 2.04. The van der Waals surface area contributed by atoms with Crippen molar-refractivity contribution in [1.29, 1.82) is 0 Å². The Labute approximate surface area is 224 Å². The van der Waals surface area contributed by atoms with Gasteiger partial charge in [-0.3, -0.25) is 9.59 Å². The fourth-order valence-electron chi connectivity index (χ4n) is 3.11. The molecule has 0 fully saturated rings.